The summed E-state index contributed by atoms with van der Waals surface area (Å²) in [6.45, 7) is 0. The molecule has 114 valence electrons. The lowest BCUT2D eigenvalue weighted by Crippen LogP contribution is -2.14. The van der Waals surface area contributed by atoms with Gasteiger partial charge in [-0.2, -0.15) is 0 Å². The van der Waals surface area contributed by atoms with Crippen LogP contribution in [0.3, 0.4) is 0 Å². The zero-order valence-electron chi connectivity index (χ0n) is 12.0. The van der Waals surface area contributed by atoms with Gasteiger partial charge in [0.25, 0.3) is 11.8 Å². The molecule has 0 atom stereocenters. The lowest BCUT2D eigenvalue weighted by Gasteiger charge is -2.09. The number of nitrogens with zero attached hydrogens (tertiary/aromatic N) is 1. The number of aromatic hydroxyl groups is 1. The first-order chi connectivity index (χ1) is 11.1. The maximum Gasteiger partial charge on any atom is 0.255 e. The highest BCUT2D eigenvalue weighted by atomic mass is 16.3. The highest BCUT2D eigenvalue weighted by molar-refractivity contribution is 6.09. The molecule has 2 amide bonds. The Morgan fingerprint density at radius 2 is 1.87 bits per heavy atom. The Bertz CT molecular complexity index is 917. The molecule has 4 N–H and O–H groups in total. The Morgan fingerprint density at radius 1 is 1.09 bits per heavy atom. The third-order valence-corrected chi connectivity index (χ3v) is 3.41. The molecule has 0 bridgehead atoms. The smallest absolute Gasteiger partial charge is 0.255 e. The molecule has 6 nitrogen and oxygen atoms in total. The minimum absolute atomic E-state index is 0.0339. The molecule has 0 radical (unpaired) electrons. The third-order valence-electron chi connectivity index (χ3n) is 3.41. The van der Waals surface area contributed by atoms with Gasteiger partial charge in [-0.25, -0.2) is 0 Å². The van der Waals surface area contributed by atoms with Gasteiger partial charge in [0, 0.05) is 17.1 Å². The third kappa shape index (κ3) is 2.82. The van der Waals surface area contributed by atoms with Crippen LogP contribution < -0.4 is 11.1 Å². The Balaban J connectivity index is 1.92. The minimum atomic E-state index is -0.757. The molecule has 3 rings (SSSR count). The summed E-state index contributed by atoms with van der Waals surface area (Å²) in [5, 5.41) is 13.4. The average molecular weight is 307 g/mol. The SMILES string of the molecule is NC(=O)c1ccc(C(=O)Nc2cccc3cccnc23)cc1O. The quantitative estimate of drug-likeness (QED) is 0.690. The van der Waals surface area contributed by atoms with Crippen molar-refractivity contribution >= 4 is 28.4 Å². The standard InChI is InChI=1S/C17H13N3O3/c18-16(22)12-7-6-11(9-14(12)21)17(23)20-13-5-1-3-10-4-2-8-19-15(10)13/h1-9,21H,(H2,18,22)(H,20,23). The van der Waals surface area contributed by atoms with E-state index in [2.05, 4.69) is 10.3 Å². The van der Waals surface area contributed by atoms with E-state index in [1.807, 2.05) is 24.3 Å². The number of hydrogen-bond donors (Lipinski definition) is 3. The number of aromatic nitrogens is 1. The van der Waals surface area contributed by atoms with Crippen LogP contribution in [0.5, 0.6) is 5.75 Å². The maximum atomic E-state index is 12.3. The van der Waals surface area contributed by atoms with Crippen molar-refractivity contribution < 1.29 is 14.7 Å². The zero-order valence-corrected chi connectivity index (χ0v) is 12.0. The maximum absolute atomic E-state index is 12.3. The molecule has 0 aliphatic heterocycles. The van der Waals surface area contributed by atoms with Crippen LogP contribution in [-0.2, 0) is 0 Å². The number of primary amides is 1. The fourth-order valence-electron chi connectivity index (χ4n) is 2.28. The number of hydrogen-bond acceptors (Lipinski definition) is 4. The van der Waals surface area contributed by atoms with Crippen LogP contribution in [0.2, 0.25) is 0 Å². The van der Waals surface area contributed by atoms with Crippen molar-refractivity contribution in [2.45, 2.75) is 0 Å². The molecule has 0 saturated heterocycles. The summed E-state index contributed by atoms with van der Waals surface area (Å²) in [5.74, 6) is -1.51. The molecule has 1 aromatic heterocycles. The van der Waals surface area contributed by atoms with Crippen LogP contribution in [0, 0.1) is 0 Å². The second-order valence-corrected chi connectivity index (χ2v) is 4.93. The fourth-order valence-corrected chi connectivity index (χ4v) is 2.28. The van der Waals surface area contributed by atoms with E-state index in [-0.39, 0.29) is 16.9 Å². The van der Waals surface area contributed by atoms with E-state index < -0.39 is 11.8 Å². The van der Waals surface area contributed by atoms with E-state index >= 15 is 0 Å². The van der Waals surface area contributed by atoms with Gasteiger partial charge in [0.1, 0.15) is 5.75 Å². The number of pyridine rings is 1. The monoisotopic (exact) mass is 307 g/mol. The van der Waals surface area contributed by atoms with Crippen LogP contribution in [0.15, 0.2) is 54.7 Å². The largest absolute Gasteiger partial charge is 0.507 e. The Hall–Kier alpha value is -3.41. The van der Waals surface area contributed by atoms with Crippen molar-refractivity contribution in [2.75, 3.05) is 5.32 Å². The molecule has 3 aromatic rings. The van der Waals surface area contributed by atoms with E-state index in [0.717, 1.165) is 5.39 Å². The van der Waals surface area contributed by atoms with Crippen molar-refractivity contribution in [3.63, 3.8) is 0 Å². The number of phenols is 1. The van der Waals surface area contributed by atoms with Gasteiger partial charge < -0.3 is 16.2 Å². The van der Waals surface area contributed by atoms with Gasteiger partial charge in [0.15, 0.2) is 0 Å². The van der Waals surface area contributed by atoms with Crippen LogP contribution in [0.4, 0.5) is 5.69 Å². The number of amides is 2. The number of carbonyl (C=O) groups is 2. The van der Waals surface area contributed by atoms with E-state index in [4.69, 9.17) is 5.73 Å². The average Bonchev–Trinajstić information content (AvgIpc) is 2.54. The number of para-hydroxylation sites is 1. The highest BCUT2D eigenvalue weighted by Gasteiger charge is 2.13. The highest BCUT2D eigenvalue weighted by Crippen LogP contribution is 2.23. The summed E-state index contributed by atoms with van der Waals surface area (Å²) >= 11 is 0. The molecule has 23 heavy (non-hydrogen) atoms. The number of rotatable bonds is 3. The van der Waals surface area contributed by atoms with Crippen molar-refractivity contribution in [3.8, 4) is 5.75 Å². The van der Waals surface area contributed by atoms with Gasteiger partial charge in [-0.05, 0) is 30.3 Å². The predicted molar refractivity (Wildman–Crippen MR) is 86.3 cm³/mol. The van der Waals surface area contributed by atoms with Gasteiger partial charge in [0.05, 0.1) is 16.8 Å². The molecule has 0 spiro atoms. The summed E-state index contributed by atoms with van der Waals surface area (Å²) in [6, 6.07) is 13.1. The summed E-state index contributed by atoms with van der Waals surface area (Å²) in [6.07, 6.45) is 1.64. The Kier molecular flexibility index (Phi) is 3.64. The summed E-state index contributed by atoms with van der Waals surface area (Å²) in [4.78, 5) is 27.7. The Morgan fingerprint density at radius 3 is 2.61 bits per heavy atom. The molecule has 6 heteroatoms. The first-order valence-electron chi connectivity index (χ1n) is 6.84. The molecule has 0 aliphatic rings. The second kappa shape index (κ2) is 5.76. The van der Waals surface area contributed by atoms with Gasteiger partial charge >= 0.3 is 0 Å². The number of carbonyl (C=O) groups excluding carboxylic acids is 2. The Labute approximate surface area is 131 Å². The lowest BCUT2D eigenvalue weighted by molar-refractivity contribution is 0.0992. The lowest BCUT2D eigenvalue weighted by atomic mass is 10.1. The molecular weight excluding hydrogens is 294 g/mol. The van der Waals surface area contributed by atoms with Gasteiger partial charge in [-0.3, -0.25) is 14.6 Å². The van der Waals surface area contributed by atoms with Crippen LogP contribution in [-0.4, -0.2) is 21.9 Å². The number of nitrogens with one attached hydrogen (secondary N) is 1. The minimum Gasteiger partial charge on any atom is -0.507 e. The second-order valence-electron chi connectivity index (χ2n) is 4.93. The van der Waals surface area contributed by atoms with Crippen molar-refractivity contribution in [2.24, 2.45) is 5.73 Å². The first-order valence-corrected chi connectivity index (χ1v) is 6.84. The number of fused-ring (bicyclic) bond motifs is 1. The number of anilines is 1. The van der Waals surface area contributed by atoms with Gasteiger partial charge in [-0.15, -0.1) is 0 Å². The molecule has 0 saturated carbocycles. The number of benzene rings is 2. The first kappa shape index (κ1) is 14.5. The van der Waals surface area contributed by atoms with Crippen molar-refractivity contribution in [1.29, 1.82) is 0 Å². The summed E-state index contributed by atoms with van der Waals surface area (Å²) in [5.41, 5.74) is 6.52. The molecule has 0 aliphatic carbocycles. The summed E-state index contributed by atoms with van der Waals surface area (Å²) < 4.78 is 0. The van der Waals surface area contributed by atoms with E-state index in [1.54, 1.807) is 12.3 Å². The van der Waals surface area contributed by atoms with Crippen molar-refractivity contribution in [1.82, 2.24) is 4.98 Å². The predicted octanol–water partition coefficient (Wildman–Crippen LogP) is 2.29. The topological polar surface area (TPSA) is 105 Å². The van der Waals surface area contributed by atoms with Crippen LogP contribution in [0.1, 0.15) is 20.7 Å². The van der Waals surface area contributed by atoms with Crippen LogP contribution >= 0.6 is 0 Å². The van der Waals surface area contributed by atoms with E-state index in [0.29, 0.717) is 11.2 Å². The van der Waals surface area contributed by atoms with E-state index in [9.17, 15) is 14.7 Å². The molecule has 2 aromatic carbocycles. The molecule has 1 heterocycles. The van der Waals surface area contributed by atoms with E-state index in [1.165, 1.54) is 18.2 Å². The van der Waals surface area contributed by atoms with Gasteiger partial charge in [0.2, 0.25) is 0 Å². The fraction of sp³-hybridized carbons (Fsp3) is 0. The van der Waals surface area contributed by atoms with Crippen molar-refractivity contribution in [3.05, 3.63) is 65.9 Å². The summed E-state index contributed by atoms with van der Waals surface area (Å²) in [7, 11) is 0. The zero-order chi connectivity index (χ0) is 16.4. The molecular formula is C17H13N3O3. The number of nitrogens with two attached hydrogens (primary N) is 1. The van der Waals surface area contributed by atoms with Crippen LogP contribution in [0.25, 0.3) is 10.9 Å². The molecule has 0 unspecified atom stereocenters. The van der Waals surface area contributed by atoms with Gasteiger partial charge in [-0.1, -0.05) is 18.2 Å². The normalized spacial score (nSPS) is 10.4. The molecule has 0 fully saturated rings.